The van der Waals surface area contributed by atoms with Gasteiger partial charge in [0.1, 0.15) is 5.82 Å². The first-order valence-corrected chi connectivity index (χ1v) is 8.83. The Balaban J connectivity index is 1.60. The molecule has 0 atom stereocenters. The predicted octanol–water partition coefficient (Wildman–Crippen LogP) is 2.73. The number of anilines is 2. The lowest BCUT2D eigenvalue weighted by Crippen LogP contribution is -2.45. The standard InChI is InChI=1S/C17H28N4O2/c1-3-4-5-8-18-16-19-14(2)13-15(20-16)21-9-6-17(7-10-21)22-11-12-23-17/h13H,3-12H2,1-2H3,(H,18,19,20). The van der Waals surface area contributed by atoms with Crippen molar-refractivity contribution >= 4 is 11.8 Å². The SMILES string of the molecule is CCCCCNc1nc(C)cc(N2CCC3(CC2)OCCO3)n1. The van der Waals surface area contributed by atoms with Crippen LogP contribution in [0, 0.1) is 6.92 Å². The third kappa shape index (κ3) is 4.12. The molecule has 0 aromatic carbocycles. The van der Waals surface area contributed by atoms with E-state index in [0.29, 0.717) is 0 Å². The maximum absolute atomic E-state index is 5.80. The number of piperidine rings is 1. The first-order chi connectivity index (χ1) is 11.2. The summed E-state index contributed by atoms with van der Waals surface area (Å²) in [4.78, 5) is 11.5. The molecule has 0 bridgehead atoms. The van der Waals surface area contributed by atoms with Crippen LogP contribution in [-0.4, -0.2) is 48.6 Å². The molecule has 23 heavy (non-hydrogen) atoms. The number of aryl methyl sites for hydroxylation is 1. The lowest BCUT2D eigenvalue weighted by Gasteiger charge is -2.38. The molecule has 2 aliphatic rings. The Morgan fingerprint density at radius 2 is 1.91 bits per heavy atom. The average Bonchev–Trinajstić information content (AvgIpc) is 3.00. The molecule has 0 aliphatic carbocycles. The highest BCUT2D eigenvalue weighted by molar-refractivity contribution is 5.45. The summed E-state index contributed by atoms with van der Waals surface area (Å²) >= 11 is 0. The molecule has 1 aromatic rings. The van der Waals surface area contributed by atoms with E-state index in [2.05, 4.69) is 28.2 Å². The molecule has 0 radical (unpaired) electrons. The molecule has 2 saturated heterocycles. The summed E-state index contributed by atoms with van der Waals surface area (Å²) in [6.07, 6.45) is 5.41. The molecule has 6 heteroatoms. The minimum atomic E-state index is -0.334. The van der Waals surface area contributed by atoms with Crippen LogP contribution in [0.15, 0.2) is 6.07 Å². The van der Waals surface area contributed by atoms with E-state index in [9.17, 15) is 0 Å². The quantitative estimate of drug-likeness (QED) is 0.813. The molecular weight excluding hydrogens is 292 g/mol. The molecule has 2 aliphatic heterocycles. The topological polar surface area (TPSA) is 59.5 Å². The fraction of sp³-hybridized carbons (Fsp3) is 0.765. The molecule has 1 spiro atoms. The molecule has 3 rings (SSSR count). The van der Waals surface area contributed by atoms with Crippen molar-refractivity contribution in [2.24, 2.45) is 0 Å². The van der Waals surface area contributed by atoms with E-state index in [1.807, 2.05) is 6.92 Å². The van der Waals surface area contributed by atoms with Gasteiger partial charge in [0.05, 0.1) is 13.2 Å². The van der Waals surface area contributed by atoms with Gasteiger partial charge in [0.25, 0.3) is 0 Å². The first-order valence-electron chi connectivity index (χ1n) is 8.83. The summed E-state index contributed by atoms with van der Waals surface area (Å²) in [7, 11) is 0. The third-order valence-electron chi connectivity index (χ3n) is 4.57. The van der Waals surface area contributed by atoms with Gasteiger partial charge < -0.3 is 19.7 Å². The molecule has 0 saturated carbocycles. The number of nitrogens with one attached hydrogen (secondary N) is 1. The van der Waals surface area contributed by atoms with E-state index in [1.165, 1.54) is 12.8 Å². The number of ether oxygens (including phenoxy) is 2. The van der Waals surface area contributed by atoms with E-state index >= 15 is 0 Å². The second kappa shape index (κ2) is 7.45. The zero-order valence-corrected chi connectivity index (χ0v) is 14.3. The fourth-order valence-corrected chi connectivity index (χ4v) is 3.23. The van der Waals surface area contributed by atoms with Crippen LogP contribution in [0.5, 0.6) is 0 Å². The molecule has 128 valence electrons. The van der Waals surface area contributed by atoms with Crippen molar-refractivity contribution < 1.29 is 9.47 Å². The van der Waals surface area contributed by atoms with E-state index in [-0.39, 0.29) is 5.79 Å². The van der Waals surface area contributed by atoms with Crippen LogP contribution < -0.4 is 10.2 Å². The molecular formula is C17H28N4O2. The maximum Gasteiger partial charge on any atom is 0.224 e. The summed E-state index contributed by atoms with van der Waals surface area (Å²) < 4.78 is 11.6. The van der Waals surface area contributed by atoms with Gasteiger partial charge in [0.2, 0.25) is 5.95 Å². The van der Waals surface area contributed by atoms with E-state index in [1.54, 1.807) is 0 Å². The van der Waals surface area contributed by atoms with E-state index in [4.69, 9.17) is 14.5 Å². The Bertz CT molecular complexity index is 507. The van der Waals surface area contributed by atoms with Gasteiger partial charge in [-0.15, -0.1) is 0 Å². The Labute approximate surface area is 138 Å². The largest absolute Gasteiger partial charge is 0.356 e. The Hall–Kier alpha value is -1.40. The number of nitrogens with zero attached hydrogens (tertiary/aromatic N) is 3. The molecule has 0 unspecified atom stereocenters. The predicted molar refractivity (Wildman–Crippen MR) is 90.9 cm³/mol. The van der Waals surface area contributed by atoms with Gasteiger partial charge in [-0.3, -0.25) is 0 Å². The number of rotatable bonds is 6. The number of unbranched alkanes of at least 4 members (excludes halogenated alkanes) is 2. The van der Waals surface area contributed by atoms with Crippen molar-refractivity contribution in [2.45, 2.75) is 51.7 Å². The van der Waals surface area contributed by atoms with Crippen LogP contribution in [0.2, 0.25) is 0 Å². The zero-order valence-electron chi connectivity index (χ0n) is 14.3. The summed E-state index contributed by atoms with van der Waals surface area (Å²) in [5.41, 5.74) is 1.00. The Morgan fingerprint density at radius 3 is 2.61 bits per heavy atom. The number of aromatic nitrogens is 2. The van der Waals surface area contributed by atoms with Crippen LogP contribution >= 0.6 is 0 Å². The minimum Gasteiger partial charge on any atom is -0.356 e. The van der Waals surface area contributed by atoms with Crippen molar-refractivity contribution in [1.29, 1.82) is 0 Å². The second-order valence-corrected chi connectivity index (χ2v) is 6.42. The van der Waals surface area contributed by atoms with E-state index < -0.39 is 0 Å². The molecule has 2 fully saturated rings. The highest BCUT2D eigenvalue weighted by Gasteiger charge is 2.40. The monoisotopic (exact) mass is 320 g/mol. The Morgan fingerprint density at radius 1 is 1.17 bits per heavy atom. The van der Waals surface area contributed by atoms with Gasteiger partial charge >= 0.3 is 0 Å². The van der Waals surface area contributed by atoms with Crippen molar-refractivity contribution in [3.63, 3.8) is 0 Å². The minimum absolute atomic E-state index is 0.334. The smallest absolute Gasteiger partial charge is 0.224 e. The van der Waals surface area contributed by atoms with Gasteiger partial charge in [-0.25, -0.2) is 4.98 Å². The summed E-state index contributed by atoms with van der Waals surface area (Å²) in [6.45, 7) is 8.43. The number of hydrogen-bond donors (Lipinski definition) is 1. The van der Waals surface area contributed by atoms with Crippen molar-refractivity contribution in [2.75, 3.05) is 43.1 Å². The lowest BCUT2D eigenvalue weighted by atomic mass is 10.0. The fourth-order valence-electron chi connectivity index (χ4n) is 3.23. The molecule has 0 amide bonds. The lowest BCUT2D eigenvalue weighted by molar-refractivity contribution is -0.169. The first kappa shape index (κ1) is 16.5. The van der Waals surface area contributed by atoms with Crippen molar-refractivity contribution in [1.82, 2.24) is 9.97 Å². The van der Waals surface area contributed by atoms with Crippen LogP contribution in [0.3, 0.4) is 0 Å². The van der Waals surface area contributed by atoms with Crippen molar-refractivity contribution in [3.05, 3.63) is 11.8 Å². The highest BCUT2D eigenvalue weighted by Crippen LogP contribution is 2.32. The average molecular weight is 320 g/mol. The molecule has 1 N–H and O–H groups in total. The summed E-state index contributed by atoms with van der Waals surface area (Å²) in [5.74, 6) is 1.41. The van der Waals surface area contributed by atoms with Crippen LogP contribution in [0.1, 0.15) is 44.7 Å². The maximum atomic E-state index is 5.80. The van der Waals surface area contributed by atoms with Crippen LogP contribution in [0.4, 0.5) is 11.8 Å². The van der Waals surface area contributed by atoms with Gasteiger partial charge in [-0.2, -0.15) is 4.98 Å². The number of hydrogen-bond acceptors (Lipinski definition) is 6. The van der Waals surface area contributed by atoms with Gasteiger partial charge in [0, 0.05) is 44.2 Å². The molecule has 6 nitrogen and oxygen atoms in total. The summed E-state index contributed by atoms with van der Waals surface area (Å²) in [6, 6.07) is 2.06. The Kier molecular flexibility index (Phi) is 5.33. The van der Waals surface area contributed by atoms with E-state index in [0.717, 1.165) is 69.6 Å². The van der Waals surface area contributed by atoms with Gasteiger partial charge in [-0.1, -0.05) is 19.8 Å². The summed E-state index contributed by atoms with van der Waals surface area (Å²) in [5, 5.41) is 3.35. The third-order valence-corrected chi connectivity index (χ3v) is 4.57. The zero-order chi connectivity index (χ0) is 16.1. The molecule has 3 heterocycles. The molecule has 1 aromatic heterocycles. The van der Waals surface area contributed by atoms with Crippen molar-refractivity contribution in [3.8, 4) is 0 Å². The second-order valence-electron chi connectivity index (χ2n) is 6.42. The van der Waals surface area contributed by atoms with Crippen LogP contribution in [-0.2, 0) is 9.47 Å². The highest BCUT2D eigenvalue weighted by atomic mass is 16.7. The normalized spacial score (nSPS) is 20.2. The van der Waals surface area contributed by atoms with Gasteiger partial charge in [-0.05, 0) is 13.3 Å². The van der Waals surface area contributed by atoms with Crippen LogP contribution in [0.25, 0.3) is 0 Å². The van der Waals surface area contributed by atoms with Gasteiger partial charge in [0.15, 0.2) is 5.79 Å².